The number of fused-ring (bicyclic) bond motifs is 1. The second-order valence-corrected chi connectivity index (χ2v) is 9.20. The molecule has 1 atom stereocenters. The van der Waals surface area contributed by atoms with E-state index in [-0.39, 0.29) is 5.56 Å². The number of hydrogen-bond donors (Lipinski definition) is 0. The molecule has 36 heavy (non-hydrogen) atoms. The maximum Gasteiger partial charge on any atom is 0.338 e. The summed E-state index contributed by atoms with van der Waals surface area (Å²) in [7, 11) is 1.35. The van der Waals surface area contributed by atoms with E-state index >= 15 is 0 Å². The number of hydrogen-bond acceptors (Lipinski definition) is 7. The Kier molecular flexibility index (Phi) is 8.05. The molecule has 1 aliphatic rings. The van der Waals surface area contributed by atoms with Gasteiger partial charge in [0.05, 0.1) is 42.2 Å². The minimum absolute atomic E-state index is 0.214. The van der Waals surface area contributed by atoms with E-state index in [2.05, 4.69) is 0 Å². The van der Waals surface area contributed by atoms with Crippen molar-refractivity contribution in [3.05, 3.63) is 90.6 Å². The molecule has 4 rings (SSSR count). The highest BCUT2D eigenvalue weighted by molar-refractivity contribution is 7.07. The first-order chi connectivity index (χ1) is 17.5. The first kappa shape index (κ1) is 25.4. The van der Waals surface area contributed by atoms with Crippen molar-refractivity contribution in [2.75, 3.05) is 20.3 Å². The molecule has 0 amide bonds. The van der Waals surface area contributed by atoms with Crippen LogP contribution in [-0.2, 0) is 9.53 Å². The van der Waals surface area contributed by atoms with Crippen LogP contribution >= 0.6 is 11.3 Å². The largest absolute Gasteiger partial charge is 0.490 e. The summed E-state index contributed by atoms with van der Waals surface area (Å²) < 4.78 is 18.8. The number of allylic oxidation sites excluding steroid dienone is 1. The highest BCUT2D eigenvalue weighted by atomic mass is 32.1. The monoisotopic (exact) mass is 506 g/mol. The number of thiazole rings is 1. The predicted molar refractivity (Wildman–Crippen MR) is 140 cm³/mol. The Bertz CT molecular complexity index is 1450. The van der Waals surface area contributed by atoms with E-state index in [4.69, 9.17) is 19.2 Å². The molecule has 7 nitrogen and oxygen atoms in total. The summed E-state index contributed by atoms with van der Waals surface area (Å²) in [5.74, 6) is 0.829. The first-order valence-corrected chi connectivity index (χ1v) is 12.9. The van der Waals surface area contributed by atoms with Crippen molar-refractivity contribution in [1.29, 1.82) is 0 Å². The minimum Gasteiger partial charge on any atom is -0.490 e. The second kappa shape index (κ2) is 11.4. The fourth-order valence-corrected chi connectivity index (χ4v) is 5.20. The summed E-state index contributed by atoms with van der Waals surface area (Å²) in [5, 5.41) is 0. The topological polar surface area (TPSA) is 79.1 Å². The van der Waals surface area contributed by atoms with Gasteiger partial charge in [-0.1, -0.05) is 61.6 Å². The Morgan fingerprint density at radius 2 is 1.86 bits per heavy atom. The van der Waals surface area contributed by atoms with E-state index in [1.54, 1.807) is 4.57 Å². The highest BCUT2D eigenvalue weighted by Gasteiger charge is 2.33. The molecule has 2 heterocycles. The lowest BCUT2D eigenvalue weighted by Gasteiger charge is -2.25. The van der Waals surface area contributed by atoms with Gasteiger partial charge in [-0.25, -0.2) is 9.79 Å². The lowest BCUT2D eigenvalue weighted by Crippen LogP contribution is -2.40. The molecular weight excluding hydrogens is 476 g/mol. The van der Waals surface area contributed by atoms with Gasteiger partial charge in [0.1, 0.15) is 0 Å². The number of ether oxygens (including phenoxy) is 3. The fourth-order valence-electron chi connectivity index (χ4n) is 4.18. The normalized spacial score (nSPS) is 15.3. The molecule has 0 fully saturated rings. The Hall–Kier alpha value is -3.65. The quantitative estimate of drug-likeness (QED) is 0.410. The molecule has 1 aromatic heterocycles. The van der Waals surface area contributed by atoms with Gasteiger partial charge in [-0.2, -0.15) is 0 Å². The van der Waals surface area contributed by atoms with Gasteiger partial charge >= 0.3 is 5.97 Å². The number of nitrogens with zero attached hydrogens (tertiary/aromatic N) is 2. The zero-order valence-corrected chi connectivity index (χ0v) is 21.8. The van der Waals surface area contributed by atoms with Gasteiger partial charge in [0.15, 0.2) is 16.3 Å². The molecule has 0 unspecified atom stereocenters. The predicted octanol–water partition coefficient (Wildman–Crippen LogP) is 3.99. The number of benzene rings is 2. The van der Waals surface area contributed by atoms with Crippen LogP contribution in [0.3, 0.4) is 0 Å². The van der Waals surface area contributed by atoms with Crippen molar-refractivity contribution in [2.24, 2.45) is 4.99 Å². The van der Waals surface area contributed by atoms with Gasteiger partial charge in [-0.3, -0.25) is 9.36 Å². The van der Waals surface area contributed by atoms with E-state index in [1.807, 2.05) is 75.4 Å². The summed E-state index contributed by atoms with van der Waals surface area (Å²) in [6.07, 6.45) is 3.26. The van der Waals surface area contributed by atoms with Crippen LogP contribution in [0, 0.1) is 0 Å². The summed E-state index contributed by atoms with van der Waals surface area (Å²) in [5.41, 5.74) is 2.43. The van der Waals surface area contributed by atoms with Crippen LogP contribution in [0.1, 0.15) is 50.8 Å². The molecule has 8 heteroatoms. The van der Waals surface area contributed by atoms with Crippen molar-refractivity contribution < 1.29 is 19.0 Å². The maximum atomic E-state index is 13.7. The average molecular weight is 507 g/mol. The summed E-state index contributed by atoms with van der Waals surface area (Å²) in [6.45, 7) is 7.01. The summed E-state index contributed by atoms with van der Waals surface area (Å²) >= 11 is 1.30. The molecule has 2 aromatic carbocycles. The van der Waals surface area contributed by atoms with Crippen molar-refractivity contribution in [1.82, 2.24) is 4.57 Å². The minimum atomic E-state index is -0.615. The van der Waals surface area contributed by atoms with Crippen molar-refractivity contribution >= 4 is 23.4 Å². The number of carbonyl (C=O) groups excluding carboxylic acids is 1. The van der Waals surface area contributed by atoms with E-state index < -0.39 is 12.0 Å². The van der Waals surface area contributed by atoms with Crippen LogP contribution in [-0.4, -0.2) is 30.9 Å². The van der Waals surface area contributed by atoms with Crippen molar-refractivity contribution in [3.8, 4) is 11.5 Å². The van der Waals surface area contributed by atoms with Gasteiger partial charge in [-0.05, 0) is 49.1 Å². The third-order valence-corrected chi connectivity index (χ3v) is 6.78. The van der Waals surface area contributed by atoms with Crippen molar-refractivity contribution in [3.63, 3.8) is 0 Å². The van der Waals surface area contributed by atoms with E-state index in [1.165, 1.54) is 18.4 Å². The Morgan fingerprint density at radius 3 is 2.53 bits per heavy atom. The lowest BCUT2D eigenvalue weighted by molar-refractivity contribution is -0.136. The number of aromatic nitrogens is 1. The second-order valence-electron chi connectivity index (χ2n) is 8.19. The van der Waals surface area contributed by atoms with Crippen LogP contribution in [0.5, 0.6) is 11.5 Å². The van der Waals surface area contributed by atoms with E-state index in [9.17, 15) is 9.59 Å². The van der Waals surface area contributed by atoms with E-state index in [0.717, 1.165) is 17.5 Å². The SMILES string of the molecule is CCCOc1ccc(/C=c2\sc3n(c2=O)[C@@H](c2ccccc2)C(C(=O)OC)=C(CC)N=3)cc1OCC. The van der Waals surface area contributed by atoms with Gasteiger partial charge in [0.2, 0.25) is 0 Å². The summed E-state index contributed by atoms with van der Waals surface area (Å²) in [6, 6.07) is 14.5. The smallest absolute Gasteiger partial charge is 0.338 e. The molecule has 0 N–H and O–H groups in total. The van der Waals surface area contributed by atoms with Crippen molar-refractivity contribution in [2.45, 2.75) is 39.7 Å². The highest BCUT2D eigenvalue weighted by Crippen LogP contribution is 2.32. The number of carbonyl (C=O) groups is 1. The molecule has 3 aromatic rings. The molecule has 0 aliphatic carbocycles. The fraction of sp³-hybridized carbons (Fsp3) is 0.321. The van der Waals surface area contributed by atoms with Gasteiger partial charge in [-0.15, -0.1) is 0 Å². The zero-order chi connectivity index (χ0) is 25.7. The molecular formula is C28H30N2O5S. The molecule has 0 spiro atoms. The van der Waals surface area contributed by atoms with Gasteiger partial charge < -0.3 is 14.2 Å². The Morgan fingerprint density at radius 1 is 1.08 bits per heavy atom. The number of methoxy groups -OCH3 is 1. The van der Waals surface area contributed by atoms with Gasteiger partial charge in [0, 0.05) is 0 Å². The third-order valence-electron chi connectivity index (χ3n) is 5.79. The van der Waals surface area contributed by atoms with E-state index in [0.29, 0.717) is 51.7 Å². The molecule has 0 saturated carbocycles. The zero-order valence-electron chi connectivity index (χ0n) is 20.9. The number of rotatable bonds is 9. The van der Waals surface area contributed by atoms with Crippen LogP contribution in [0.25, 0.3) is 6.08 Å². The number of esters is 1. The Balaban J connectivity index is 1.88. The molecule has 1 aliphatic heterocycles. The average Bonchev–Trinajstić information content (AvgIpc) is 3.21. The standard InChI is InChI=1S/C28H30N2O5S/c1-5-15-35-21-14-13-18(16-22(21)34-7-3)17-23-26(31)30-25(19-11-9-8-10-12-19)24(27(32)33-4)20(6-2)29-28(30)36-23/h8-14,16-17,25H,5-7,15H2,1-4H3/b23-17-/t25-/m0/s1. The molecule has 0 radical (unpaired) electrons. The third kappa shape index (κ3) is 4.99. The molecule has 188 valence electrons. The molecule has 0 saturated heterocycles. The maximum absolute atomic E-state index is 13.7. The van der Waals surface area contributed by atoms with Crippen LogP contribution in [0.15, 0.2) is 69.6 Å². The summed E-state index contributed by atoms with van der Waals surface area (Å²) in [4.78, 5) is 31.8. The van der Waals surface area contributed by atoms with Crippen LogP contribution in [0.4, 0.5) is 0 Å². The van der Waals surface area contributed by atoms with Gasteiger partial charge in [0.25, 0.3) is 5.56 Å². The Labute approximate surface area is 214 Å². The first-order valence-electron chi connectivity index (χ1n) is 12.1. The lowest BCUT2D eigenvalue weighted by atomic mass is 9.95. The van der Waals surface area contributed by atoms with Crippen LogP contribution in [0.2, 0.25) is 0 Å². The molecule has 0 bridgehead atoms. The van der Waals surface area contributed by atoms with Crippen LogP contribution < -0.4 is 24.4 Å².